The van der Waals surface area contributed by atoms with Crippen molar-refractivity contribution in [3.63, 3.8) is 0 Å². The highest BCUT2D eigenvalue weighted by Crippen LogP contribution is 2.21. The van der Waals surface area contributed by atoms with Gasteiger partial charge in [0.2, 0.25) is 8.32 Å². The van der Waals surface area contributed by atoms with Gasteiger partial charge in [-0.2, -0.15) is 0 Å². The molecule has 0 unspecified atom stereocenters. The van der Waals surface area contributed by atoms with Crippen LogP contribution in [-0.4, -0.2) is 43.4 Å². The van der Waals surface area contributed by atoms with Crippen LogP contribution in [0.4, 0.5) is 0 Å². The van der Waals surface area contributed by atoms with E-state index in [9.17, 15) is 0 Å². The van der Waals surface area contributed by atoms with Gasteiger partial charge in [-0.3, -0.25) is 0 Å². The van der Waals surface area contributed by atoms with Crippen molar-refractivity contribution in [2.45, 2.75) is 58.9 Å². The lowest BCUT2D eigenvalue weighted by atomic mass is 10.2. The van der Waals surface area contributed by atoms with E-state index < -0.39 is 30.9 Å². The van der Waals surface area contributed by atoms with Crippen molar-refractivity contribution in [2.75, 3.05) is 7.11 Å². The van der Waals surface area contributed by atoms with E-state index in [0.717, 1.165) is 5.75 Å². The second kappa shape index (κ2) is 7.21. The maximum atomic E-state index is 6.74. The molecule has 0 amide bonds. The van der Waals surface area contributed by atoms with Gasteiger partial charge in [0.1, 0.15) is 5.75 Å². The first-order valence-corrected chi connectivity index (χ1v) is 22.3. The Labute approximate surface area is 147 Å². The topological polar surface area (TPSA) is 18.5 Å². The highest BCUT2D eigenvalue weighted by atomic mass is 29.6. The van der Waals surface area contributed by atoms with Gasteiger partial charge >= 0.3 is 0 Å². The van der Waals surface area contributed by atoms with Crippen LogP contribution in [0.25, 0.3) is 0 Å². The molecule has 0 saturated carbocycles. The summed E-state index contributed by atoms with van der Waals surface area (Å²) in [6.45, 7) is 22.0. The zero-order chi connectivity index (χ0) is 18.1. The van der Waals surface area contributed by atoms with Crippen molar-refractivity contribution >= 4 is 36.3 Å². The maximum absolute atomic E-state index is 6.74. The summed E-state index contributed by atoms with van der Waals surface area (Å²) in [4.78, 5) is 0. The average molecular weight is 383 g/mol. The molecular formula is C17H34O2Si4. The minimum absolute atomic E-state index is 0.652. The van der Waals surface area contributed by atoms with Crippen LogP contribution in [0.3, 0.4) is 0 Å². The Hall–Kier alpha value is -0.442. The van der Waals surface area contributed by atoms with Gasteiger partial charge in [0.25, 0.3) is 0 Å². The Morgan fingerprint density at radius 2 is 1.22 bits per heavy atom. The average Bonchev–Trinajstić information content (AvgIpc) is 2.33. The fourth-order valence-electron chi connectivity index (χ4n) is 3.11. The monoisotopic (exact) mass is 382 g/mol. The molecule has 0 saturated heterocycles. The van der Waals surface area contributed by atoms with Crippen molar-refractivity contribution in [1.29, 1.82) is 0 Å². The standard InChI is InChI=1S/C17H34O2Si4/c1-18-16-13-11-15(12-14-16)17(19-21(2,3)4)20(22(5,6)7)23(8,9)10/h11-14H,1-10H3. The SMILES string of the molecule is COc1ccc(C(O[Si](C)(C)C)=[Si]([Si](C)(C)C)[Si](C)(C)C)cc1. The Morgan fingerprint density at radius 3 is 1.52 bits per heavy atom. The molecule has 0 aliphatic heterocycles. The molecule has 0 heterocycles. The molecule has 2 nitrogen and oxygen atoms in total. The van der Waals surface area contributed by atoms with E-state index in [2.05, 4.69) is 83.2 Å². The first kappa shape index (κ1) is 20.6. The van der Waals surface area contributed by atoms with Gasteiger partial charge in [-0.05, 0) is 43.9 Å². The molecule has 1 aromatic carbocycles. The van der Waals surface area contributed by atoms with Crippen LogP contribution in [-0.2, 0) is 4.43 Å². The highest BCUT2D eigenvalue weighted by molar-refractivity contribution is 7.61. The zero-order valence-electron chi connectivity index (χ0n) is 16.6. The summed E-state index contributed by atoms with van der Waals surface area (Å²) in [5, 5.41) is 1.36. The van der Waals surface area contributed by atoms with Crippen LogP contribution in [0.2, 0.25) is 58.9 Å². The Bertz CT molecular complexity index is 542. The summed E-state index contributed by atoms with van der Waals surface area (Å²) in [5.74, 6) is 0.913. The third kappa shape index (κ3) is 6.17. The third-order valence-electron chi connectivity index (χ3n) is 3.49. The molecule has 0 atom stereocenters. The summed E-state index contributed by atoms with van der Waals surface area (Å²) in [7, 11) is -3.17. The first-order chi connectivity index (χ1) is 10.3. The van der Waals surface area contributed by atoms with Gasteiger partial charge in [-0.1, -0.05) is 39.3 Å². The van der Waals surface area contributed by atoms with Crippen molar-refractivity contribution in [3.8, 4) is 5.75 Å². The normalized spacial score (nSPS) is 12.8. The summed E-state index contributed by atoms with van der Waals surface area (Å²) >= 11 is 0. The number of ether oxygens (including phenoxy) is 1. The van der Waals surface area contributed by atoms with Crippen LogP contribution in [0.1, 0.15) is 5.56 Å². The number of hydrogen-bond acceptors (Lipinski definition) is 2. The van der Waals surface area contributed by atoms with Crippen LogP contribution in [0.15, 0.2) is 24.3 Å². The quantitative estimate of drug-likeness (QED) is 0.649. The molecule has 1 aromatic rings. The Balaban J connectivity index is 3.63. The summed E-state index contributed by atoms with van der Waals surface area (Å²) in [6, 6.07) is 8.52. The third-order valence-corrected chi connectivity index (χ3v) is 32.2. The molecule has 0 fully saturated rings. The van der Waals surface area contributed by atoms with E-state index in [1.54, 1.807) is 7.11 Å². The first-order valence-electron chi connectivity index (χ1n) is 8.34. The number of methoxy groups -OCH3 is 1. The lowest BCUT2D eigenvalue weighted by Gasteiger charge is -2.35. The van der Waals surface area contributed by atoms with Gasteiger partial charge in [0.15, 0.2) is 0 Å². The van der Waals surface area contributed by atoms with E-state index in [0.29, 0.717) is 0 Å². The fraction of sp³-hybridized carbons (Fsp3) is 0.588. The fourth-order valence-corrected chi connectivity index (χ4v) is 42.1. The van der Waals surface area contributed by atoms with E-state index >= 15 is 0 Å². The van der Waals surface area contributed by atoms with E-state index in [1.807, 2.05) is 0 Å². The number of benzene rings is 1. The van der Waals surface area contributed by atoms with Crippen molar-refractivity contribution < 1.29 is 9.16 Å². The molecule has 1 rings (SSSR count). The lowest BCUT2D eigenvalue weighted by Crippen LogP contribution is -2.57. The van der Waals surface area contributed by atoms with Gasteiger partial charge in [-0.25, -0.2) is 0 Å². The van der Waals surface area contributed by atoms with E-state index in [4.69, 9.17) is 9.16 Å². The van der Waals surface area contributed by atoms with Crippen LogP contribution < -0.4 is 4.74 Å². The zero-order valence-corrected chi connectivity index (χ0v) is 20.6. The summed E-state index contributed by atoms with van der Waals surface area (Å²) in [6.07, 6.45) is 0. The Morgan fingerprint density at radius 1 is 0.783 bits per heavy atom. The molecule has 0 radical (unpaired) electrons. The predicted octanol–water partition coefficient (Wildman–Crippen LogP) is 4.93. The lowest BCUT2D eigenvalue weighted by molar-refractivity contribution is 0.414. The predicted molar refractivity (Wildman–Crippen MR) is 114 cm³/mol. The van der Waals surface area contributed by atoms with Crippen LogP contribution in [0, 0.1) is 0 Å². The number of hydrogen-bond donors (Lipinski definition) is 0. The van der Waals surface area contributed by atoms with Crippen molar-refractivity contribution in [1.82, 2.24) is 0 Å². The highest BCUT2D eigenvalue weighted by Gasteiger charge is 2.37. The summed E-state index contributed by atoms with van der Waals surface area (Å²) in [5.41, 5.74) is 1.28. The van der Waals surface area contributed by atoms with Crippen molar-refractivity contribution in [2.24, 2.45) is 0 Å². The largest absolute Gasteiger partial charge is 0.548 e. The second-order valence-corrected chi connectivity index (χ2v) is 37.3. The van der Waals surface area contributed by atoms with Gasteiger partial charge in [-0.15, -0.1) is 0 Å². The molecule has 23 heavy (non-hydrogen) atoms. The van der Waals surface area contributed by atoms with Gasteiger partial charge in [0.05, 0.1) is 27.6 Å². The molecule has 0 bridgehead atoms. The minimum Gasteiger partial charge on any atom is -0.548 e. The molecule has 0 spiro atoms. The number of rotatable bonds is 6. The van der Waals surface area contributed by atoms with Crippen LogP contribution in [0.5, 0.6) is 5.75 Å². The smallest absolute Gasteiger partial charge is 0.241 e. The maximum Gasteiger partial charge on any atom is 0.241 e. The molecule has 0 aliphatic carbocycles. The van der Waals surface area contributed by atoms with Gasteiger partial charge < -0.3 is 9.16 Å². The van der Waals surface area contributed by atoms with Gasteiger partial charge in [0, 0.05) is 13.0 Å². The van der Waals surface area contributed by atoms with E-state index in [1.165, 1.54) is 10.9 Å². The molecule has 0 aromatic heterocycles. The molecule has 0 N–H and O–H groups in total. The molecule has 130 valence electrons. The summed E-state index contributed by atoms with van der Waals surface area (Å²) < 4.78 is 12.1. The Kier molecular flexibility index (Phi) is 6.45. The van der Waals surface area contributed by atoms with E-state index in [-0.39, 0.29) is 0 Å². The molecule has 6 heteroatoms. The van der Waals surface area contributed by atoms with Crippen LogP contribution >= 0.6 is 0 Å². The minimum atomic E-state index is -1.64. The molecular weight excluding hydrogens is 349 g/mol. The van der Waals surface area contributed by atoms with Crippen molar-refractivity contribution in [3.05, 3.63) is 29.8 Å². The molecule has 0 aliphatic rings. The second-order valence-electron chi connectivity index (χ2n) is 9.15.